The Kier molecular flexibility index (Phi) is 4.52. The van der Waals surface area contributed by atoms with Gasteiger partial charge in [-0.3, -0.25) is 4.79 Å². The average molecular weight is 376 g/mol. The Hall–Kier alpha value is -3.32. The first kappa shape index (κ1) is 17.1. The van der Waals surface area contributed by atoms with Gasteiger partial charge < -0.3 is 8.98 Å². The molecule has 0 radical (unpaired) electrons. The largest absolute Gasteiger partial charge is 0.416 e. The molecule has 0 bridgehead atoms. The molecule has 0 saturated heterocycles. The smallest absolute Gasteiger partial charge is 0.279 e. The minimum atomic E-state index is -0.287. The van der Waals surface area contributed by atoms with Crippen LogP contribution in [0.25, 0.3) is 22.9 Å². The van der Waals surface area contributed by atoms with E-state index in [0.29, 0.717) is 22.1 Å². The first-order valence-electron chi connectivity index (χ1n) is 8.30. The third-order valence-corrected chi connectivity index (χ3v) is 4.91. The van der Waals surface area contributed by atoms with E-state index in [9.17, 15) is 4.79 Å². The van der Waals surface area contributed by atoms with Crippen molar-refractivity contribution in [3.63, 3.8) is 0 Å². The molecule has 1 amide bonds. The predicted octanol–water partition coefficient (Wildman–Crippen LogP) is 3.85. The quantitative estimate of drug-likeness (QED) is 0.544. The Morgan fingerprint density at radius 1 is 1.00 bits per heavy atom. The van der Waals surface area contributed by atoms with E-state index >= 15 is 0 Å². The van der Waals surface area contributed by atoms with Crippen LogP contribution in [0.5, 0.6) is 0 Å². The fourth-order valence-corrected chi connectivity index (χ4v) is 3.22. The highest BCUT2D eigenvalue weighted by molar-refractivity contribution is 7.07. The van der Waals surface area contributed by atoms with Crippen LogP contribution in [-0.4, -0.2) is 20.7 Å². The van der Waals surface area contributed by atoms with Crippen LogP contribution in [0.4, 0.5) is 0 Å². The fourth-order valence-electron chi connectivity index (χ4n) is 2.49. The molecule has 0 N–H and O–H groups in total. The Labute approximate surface area is 159 Å². The van der Waals surface area contributed by atoms with Gasteiger partial charge in [0.15, 0.2) is 4.80 Å². The Balaban J connectivity index is 1.57. The van der Waals surface area contributed by atoms with E-state index < -0.39 is 0 Å². The number of benzene rings is 2. The summed E-state index contributed by atoms with van der Waals surface area (Å²) in [6, 6.07) is 14.9. The van der Waals surface area contributed by atoms with Crippen molar-refractivity contribution < 1.29 is 9.21 Å². The molecule has 2 aromatic carbocycles. The van der Waals surface area contributed by atoms with E-state index in [-0.39, 0.29) is 5.91 Å². The second-order valence-corrected chi connectivity index (χ2v) is 6.94. The van der Waals surface area contributed by atoms with Gasteiger partial charge >= 0.3 is 0 Å². The van der Waals surface area contributed by atoms with E-state index in [2.05, 4.69) is 15.2 Å². The molecule has 0 aliphatic carbocycles. The molecule has 0 saturated carbocycles. The molecule has 7 heteroatoms. The summed E-state index contributed by atoms with van der Waals surface area (Å²) in [6.07, 6.45) is 1.86. The summed E-state index contributed by atoms with van der Waals surface area (Å²) in [7, 11) is 1.85. The number of aryl methyl sites for hydroxylation is 2. The van der Waals surface area contributed by atoms with E-state index in [1.807, 2.05) is 54.4 Å². The number of amides is 1. The molecule has 4 aromatic rings. The number of thiazole rings is 1. The highest BCUT2D eigenvalue weighted by Gasteiger charge is 2.11. The van der Waals surface area contributed by atoms with Crippen molar-refractivity contribution in [3.8, 4) is 22.9 Å². The lowest BCUT2D eigenvalue weighted by molar-refractivity contribution is 0.0998. The average Bonchev–Trinajstić information content (AvgIpc) is 3.32. The molecule has 0 aliphatic rings. The van der Waals surface area contributed by atoms with E-state index in [1.54, 1.807) is 24.3 Å². The zero-order chi connectivity index (χ0) is 18.8. The van der Waals surface area contributed by atoms with Crippen LogP contribution in [0.1, 0.15) is 15.9 Å². The maximum atomic E-state index is 12.3. The zero-order valence-electron chi connectivity index (χ0n) is 14.8. The standard InChI is InChI=1S/C20H16N4O2S/c1-13-3-5-15(6-4-13)18-22-23-19(26-18)16-9-7-14(8-10-16)17(25)21-20-24(2)11-12-27-20/h3-12H,1-2H3. The van der Waals surface area contributed by atoms with Gasteiger partial charge in [0.2, 0.25) is 11.8 Å². The van der Waals surface area contributed by atoms with E-state index in [1.165, 1.54) is 16.9 Å². The number of carbonyl (C=O) groups is 1. The van der Waals surface area contributed by atoms with Gasteiger partial charge in [0.25, 0.3) is 5.91 Å². The third-order valence-electron chi connectivity index (χ3n) is 4.06. The molecule has 0 unspecified atom stereocenters. The zero-order valence-corrected chi connectivity index (χ0v) is 15.6. The Bertz CT molecular complexity index is 1150. The number of hydrogen-bond acceptors (Lipinski definition) is 5. The van der Waals surface area contributed by atoms with Crippen LogP contribution in [0.2, 0.25) is 0 Å². The van der Waals surface area contributed by atoms with Crippen molar-refractivity contribution in [2.45, 2.75) is 6.92 Å². The summed E-state index contributed by atoms with van der Waals surface area (Å²) in [4.78, 5) is 17.1. The van der Waals surface area contributed by atoms with Crippen LogP contribution in [0.3, 0.4) is 0 Å². The number of rotatable bonds is 3. The molecular formula is C20H16N4O2S. The van der Waals surface area contributed by atoms with Gasteiger partial charge in [0.05, 0.1) is 0 Å². The molecule has 2 heterocycles. The van der Waals surface area contributed by atoms with Gasteiger partial charge in [-0.2, -0.15) is 4.99 Å². The van der Waals surface area contributed by atoms with Gasteiger partial charge in [-0.15, -0.1) is 21.5 Å². The monoisotopic (exact) mass is 376 g/mol. The SMILES string of the molecule is Cc1ccc(-c2nnc(-c3ccc(C(=O)N=c4sccn4C)cc3)o2)cc1. The molecule has 134 valence electrons. The van der Waals surface area contributed by atoms with Crippen LogP contribution in [0, 0.1) is 6.92 Å². The first-order chi connectivity index (χ1) is 13.1. The highest BCUT2D eigenvalue weighted by atomic mass is 32.1. The highest BCUT2D eigenvalue weighted by Crippen LogP contribution is 2.24. The van der Waals surface area contributed by atoms with Crippen LogP contribution >= 0.6 is 11.3 Å². The molecule has 6 nitrogen and oxygen atoms in total. The lowest BCUT2D eigenvalue weighted by Gasteiger charge is -1.98. The maximum absolute atomic E-state index is 12.3. The van der Waals surface area contributed by atoms with Crippen molar-refractivity contribution in [2.24, 2.45) is 12.0 Å². The summed E-state index contributed by atoms with van der Waals surface area (Å²) in [5, 5.41) is 10.1. The van der Waals surface area contributed by atoms with Gasteiger partial charge in [-0.05, 0) is 43.3 Å². The Morgan fingerprint density at radius 2 is 1.59 bits per heavy atom. The van der Waals surface area contributed by atoms with Gasteiger partial charge in [0, 0.05) is 35.3 Å². The van der Waals surface area contributed by atoms with Crippen LogP contribution in [-0.2, 0) is 7.05 Å². The summed E-state index contributed by atoms with van der Waals surface area (Å²) < 4.78 is 7.57. The van der Waals surface area contributed by atoms with Gasteiger partial charge in [-0.25, -0.2) is 0 Å². The second-order valence-electron chi connectivity index (χ2n) is 6.07. The normalized spacial score (nSPS) is 11.7. The van der Waals surface area contributed by atoms with Crippen molar-refractivity contribution in [1.29, 1.82) is 0 Å². The van der Waals surface area contributed by atoms with Gasteiger partial charge in [-0.1, -0.05) is 17.7 Å². The number of hydrogen-bond donors (Lipinski definition) is 0. The summed E-state index contributed by atoms with van der Waals surface area (Å²) in [6.45, 7) is 2.02. The second kappa shape index (κ2) is 7.13. The summed E-state index contributed by atoms with van der Waals surface area (Å²) in [5.74, 6) is 0.585. The van der Waals surface area contributed by atoms with Crippen LogP contribution < -0.4 is 4.80 Å². The van der Waals surface area contributed by atoms with Crippen molar-refractivity contribution in [1.82, 2.24) is 14.8 Å². The molecule has 0 atom stereocenters. The Morgan fingerprint density at radius 3 is 2.15 bits per heavy atom. The molecule has 2 aromatic heterocycles. The van der Waals surface area contributed by atoms with E-state index in [4.69, 9.17) is 4.42 Å². The maximum Gasteiger partial charge on any atom is 0.279 e. The number of nitrogens with zero attached hydrogens (tertiary/aromatic N) is 4. The van der Waals surface area contributed by atoms with E-state index in [0.717, 1.165) is 11.1 Å². The molecule has 0 fully saturated rings. The lowest BCUT2D eigenvalue weighted by Crippen LogP contribution is -2.12. The van der Waals surface area contributed by atoms with Crippen LogP contribution in [0.15, 0.2) is 69.5 Å². The minimum absolute atomic E-state index is 0.287. The molecule has 27 heavy (non-hydrogen) atoms. The van der Waals surface area contributed by atoms with Gasteiger partial charge in [0.1, 0.15) is 0 Å². The molecule has 0 aliphatic heterocycles. The summed E-state index contributed by atoms with van der Waals surface area (Å²) in [5.41, 5.74) is 3.29. The predicted molar refractivity (Wildman–Crippen MR) is 103 cm³/mol. The number of carbonyl (C=O) groups excluding carboxylic acids is 1. The molecular weight excluding hydrogens is 360 g/mol. The van der Waals surface area contributed by atoms with Crippen molar-refractivity contribution in [3.05, 3.63) is 76.0 Å². The molecule has 0 spiro atoms. The fraction of sp³-hybridized carbons (Fsp3) is 0.100. The third kappa shape index (κ3) is 3.63. The van der Waals surface area contributed by atoms with Crippen molar-refractivity contribution >= 4 is 17.2 Å². The lowest BCUT2D eigenvalue weighted by atomic mass is 10.1. The minimum Gasteiger partial charge on any atom is -0.416 e. The van der Waals surface area contributed by atoms with Crippen molar-refractivity contribution in [2.75, 3.05) is 0 Å². The molecule has 4 rings (SSSR count). The topological polar surface area (TPSA) is 73.3 Å². The summed E-state index contributed by atoms with van der Waals surface area (Å²) >= 11 is 1.42. The first-order valence-corrected chi connectivity index (χ1v) is 9.18. The number of aromatic nitrogens is 3.